The van der Waals surface area contributed by atoms with Crippen molar-refractivity contribution in [2.24, 2.45) is 0 Å². The Morgan fingerprint density at radius 3 is 2.41 bits per heavy atom. The first-order valence-corrected chi connectivity index (χ1v) is 9.41. The number of benzene rings is 2. The number of carbonyl (C=O) groups is 2. The van der Waals surface area contributed by atoms with Crippen molar-refractivity contribution in [3.05, 3.63) is 89.2 Å². The monoisotopic (exact) mass is 389 g/mol. The summed E-state index contributed by atoms with van der Waals surface area (Å²) >= 11 is 0. The maximum atomic E-state index is 12.6. The lowest BCUT2D eigenvalue weighted by molar-refractivity contribution is 0.0945. The van der Waals surface area contributed by atoms with E-state index in [0.717, 1.165) is 11.1 Å². The van der Waals surface area contributed by atoms with Gasteiger partial charge in [0.2, 0.25) is 0 Å². The number of amides is 2. The van der Waals surface area contributed by atoms with Crippen molar-refractivity contribution in [1.82, 2.24) is 10.3 Å². The van der Waals surface area contributed by atoms with Crippen molar-refractivity contribution in [2.45, 2.75) is 20.4 Å². The molecule has 0 atom stereocenters. The van der Waals surface area contributed by atoms with Crippen LogP contribution in [-0.2, 0) is 6.54 Å². The molecule has 148 valence electrons. The highest BCUT2D eigenvalue weighted by molar-refractivity contribution is 6.04. The predicted molar refractivity (Wildman–Crippen MR) is 112 cm³/mol. The van der Waals surface area contributed by atoms with Crippen LogP contribution in [0.3, 0.4) is 0 Å². The quantitative estimate of drug-likeness (QED) is 0.641. The number of rotatable bonds is 7. The van der Waals surface area contributed by atoms with Gasteiger partial charge in [-0.3, -0.25) is 9.59 Å². The van der Waals surface area contributed by atoms with Crippen LogP contribution in [0.25, 0.3) is 0 Å². The summed E-state index contributed by atoms with van der Waals surface area (Å²) < 4.78 is 5.52. The largest absolute Gasteiger partial charge is 0.492 e. The molecule has 6 heteroatoms. The van der Waals surface area contributed by atoms with Crippen LogP contribution < -0.4 is 15.4 Å². The zero-order valence-electron chi connectivity index (χ0n) is 16.4. The van der Waals surface area contributed by atoms with E-state index in [1.54, 1.807) is 36.4 Å². The second-order valence-corrected chi connectivity index (χ2v) is 6.46. The molecular formula is C23H23N3O3. The molecule has 0 saturated heterocycles. The molecule has 1 heterocycles. The molecule has 0 aliphatic rings. The van der Waals surface area contributed by atoms with E-state index in [4.69, 9.17) is 4.74 Å². The number of pyridine rings is 1. The van der Waals surface area contributed by atoms with Crippen molar-refractivity contribution >= 4 is 17.5 Å². The van der Waals surface area contributed by atoms with Gasteiger partial charge in [0.25, 0.3) is 11.8 Å². The van der Waals surface area contributed by atoms with Gasteiger partial charge in [0.15, 0.2) is 0 Å². The normalized spacial score (nSPS) is 10.3. The molecule has 3 rings (SSSR count). The first-order chi connectivity index (χ1) is 14.1. The van der Waals surface area contributed by atoms with E-state index >= 15 is 0 Å². The number of anilines is 1. The molecule has 0 saturated carbocycles. The summed E-state index contributed by atoms with van der Waals surface area (Å²) in [6, 6.07) is 19.8. The van der Waals surface area contributed by atoms with Crippen molar-refractivity contribution < 1.29 is 14.3 Å². The number of nitrogens with one attached hydrogen (secondary N) is 2. The molecular weight excluding hydrogens is 366 g/mol. The maximum Gasteiger partial charge on any atom is 0.274 e. The summed E-state index contributed by atoms with van der Waals surface area (Å²) in [5.74, 6) is -0.170. The van der Waals surface area contributed by atoms with Gasteiger partial charge in [-0.05, 0) is 43.7 Å². The number of aryl methyl sites for hydroxylation is 1. The van der Waals surface area contributed by atoms with Crippen LogP contribution >= 0.6 is 0 Å². The smallest absolute Gasteiger partial charge is 0.274 e. The number of nitrogens with zero attached hydrogens (tertiary/aromatic N) is 1. The van der Waals surface area contributed by atoms with Crippen molar-refractivity contribution in [3.8, 4) is 5.75 Å². The lowest BCUT2D eigenvalue weighted by Gasteiger charge is -2.11. The van der Waals surface area contributed by atoms with Crippen LogP contribution in [0.1, 0.15) is 39.0 Å². The summed E-state index contributed by atoms with van der Waals surface area (Å²) in [4.78, 5) is 29.3. The number of hydrogen-bond donors (Lipinski definition) is 2. The fourth-order valence-electron chi connectivity index (χ4n) is 2.82. The van der Waals surface area contributed by atoms with E-state index in [-0.39, 0.29) is 17.3 Å². The second kappa shape index (κ2) is 9.50. The van der Waals surface area contributed by atoms with E-state index in [1.807, 2.05) is 44.2 Å². The number of ether oxygens (including phenoxy) is 1. The van der Waals surface area contributed by atoms with E-state index in [0.29, 0.717) is 24.6 Å². The predicted octanol–water partition coefficient (Wildman–Crippen LogP) is 3.97. The van der Waals surface area contributed by atoms with E-state index < -0.39 is 5.91 Å². The van der Waals surface area contributed by atoms with Gasteiger partial charge in [0.05, 0.1) is 12.3 Å². The van der Waals surface area contributed by atoms with Crippen molar-refractivity contribution in [2.75, 3.05) is 11.9 Å². The minimum Gasteiger partial charge on any atom is -0.492 e. The molecule has 0 aliphatic carbocycles. The molecule has 0 unspecified atom stereocenters. The molecule has 6 nitrogen and oxygen atoms in total. The van der Waals surface area contributed by atoms with Gasteiger partial charge < -0.3 is 15.4 Å². The van der Waals surface area contributed by atoms with Crippen molar-refractivity contribution in [3.63, 3.8) is 0 Å². The standard InChI is InChI=1S/C23H23N3O3/c1-3-29-21-13-5-4-10-18(21)26-23(28)20-12-7-11-19(25-20)22(27)24-15-17-9-6-8-16(2)14-17/h4-14H,3,15H2,1-2H3,(H,24,27)(H,26,28). The number of aromatic nitrogens is 1. The lowest BCUT2D eigenvalue weighted by atomic mass is 10.1. The lowest BCUT2D eigenvalue weighted by Crippen LogP contribution is -2.25. The minimum atomic E-state index is -0.412. The van der Waals surface area contributed by atoms with Gasteiger partial charge >= 0.3 is 0 Å². The summed E-state index contributed by atoms with van der Waals surface area (Å²) in [6.45, 7) is 4.75. The Balaban J connectivity index is 1.68. The Bertz CT molecular complexity index is 1020. The number of carbonyl (C=O) groups excluding carboxylic acids is 2. The van der Waals surface area contributed by atoms with Gasteiger partial charge in [0, 0.05) is 6.54 Å². The molecule has 0 spiro atoms. The van der Waals surface area contributed by atoms with Gasteiger partial charge in [-0.15, -0.1) is 0 Å². The number of para-hydroxylation sites is 2. The van der Waals surface area contributed by atoms with Crippen LogP contribution in [0, 0.1) is 6.92 Å². The Labute approximate surface area is 169 Å². The van der Waals surface area contributed by atoms with Crippen LogP contribution in [0.2, 0.25) is 0 Å². The molecule has 3 aromatic rings. The van der Waals surface area contributed by atoms with Gasteiger partial charge in [-0.2, -0.15) is 0 Å². The van der Waals surface area contributed by atoms with Crippen LogP contribution in [0.5, 0.6) is 5.75 Å². The zero-order valence-corrected chi connectivity index (χ0v) is 16.4. The van der Waals surface area contributed by atoms with E-state index in [9.17, 15) is 9.59 Å². The van der Waals surface area contributed by atoms with Crippen molar-refractivity contribution in [1.29, 1.82) is 0 Å². The highest BCUT2D eigenvalue weighted by Crippen LogP contribution is 2.24. The van der Waals surface area contributed by atoms with E-state index in [1.165, 1.54) is 0 Å². The molecule has 2 amide bonds. The molecule has 0 bridgehead atoms. The third kappa shape index (κ3) is 5.42. The van der Waals surface area contributed by atoms with Crippen LogP contribution in [-0.4, -0.2) is 23.4 Å². The Hall–Kier alpha value is -3.67. The first-order valence-electron chi connectivity index (χ1n) is 9.41. The van der Waals surface area contributed by atoms with Crippen LogP contribution in [0.4, 0.5) is 5.69 Å². The Kier molecular flexibility index (Phi) is 6.58. The molecule has 0 fully saturated rings. The first kappa shape index (κ1) is 20.1. The summed E-state index contributed by atoms with van der Waals surface area (Å²) in [7, 11) is 0. The average Bonchev–Trinajstić information content (AvgIpc) is 2.74. The minimum absolute atomic E-state index is 0.152. The fraction of sp³-hybridized carbons (Fsp3) is 0.174. The third-order valence-corrected chi connectivity index (χ3v) is 4.19. The van der Waals surface area contributed by atoms with E-state index in [2.05, 4.69) is 15.6 Å². The SMILES string of the molecule is CCOc1ccccc1NC(=O)c1cccc(C(=O)NCc2cccc(C)c2)n1. The fourth-order valence-corrected chi connectivity index (χ4v) is 2.82. The highest BCUT2D eigenvalue weighted by Gasteiger charge is 2.14. The van der Waals surface area contributed by atoms with Gasteiger partial charge in [-0.1, -0.05) is 48.0 Å². The summed E-state index contributed by atoms with van der Waals surface area (Å²) in [5.41, 5.74) is 3.01. The molecule has 0 radical (unpaired) electrons. The molecule has 0 aliphatic heterocycles. The highest BCUT2D eigenvalue weighted by atomic mass is 16.5. The molecule has 1 aromatic heterocycles. The molecule has 2 N–H and O–H groups in total. The average molecular weight is 389 g/mol. The van der Waals surface area contributed by atoms with Gasteiger partial charge in [0.1, 0.15) is 17.1 Å². The summed E-state index contributed by atoms with van der Waals surface area (Å²) in [5, 5.41) is 5.61. The number of hydrogen-bond acceptors (Lipinski definition) is 4. The Morgan fingerprint density at radius 1 is 0.931 bits per heavy atom. The topological polar surface area (TPSA) is 80.3 Å². The van der Waals surface area contributed by atoms with Gasteiger partial charge in [-0.25, -0.2) is 4.98 Å². The van der Waals surface area contributed by atoms with Crippen LogP contribution in [0.15, 0.2) is 66.7 Å². The molecule has 2 aromatic carbocycles. The second-order valence-electron chi connectivity index (χ2n) is 6.46. The maximum absolute atomic E-state index is 12.6. The third-order valence-electron chi connectivity index (χ3n) is 4.19. The Morgan fingerprint density at radius 2 is 1.66 bits per heavy atom. The summed E-state index contributed by atoms with van der Waals surface area (Å²) in [6.07, 6.45) is 0. The zero-order chi connectivity index (χ0) is 20.6. The molecule has 29 heavy (non-hydrogen) atoms.